The van der Waals surface area contributed by atoms with Crippen molar-refractivity contribution in [3.8, 4) is 11.5 Å². The van der Waals surface area contributed by atoms with Gasteiger partial charge in [0.05, 0.1) is 0 Å². The maximum atomic E-state index is 5.94. The lowest BCUT2D eigenvalue weighted by atomic mass is 10.1. The Morgan fingerprint density at radius 1 is 1.17 bits per heavy atom. The molecule has 94 valence electrons. The predicted molar refractivity (Wildman–Crippen MR) is 73.3 cm³/mol. The van der Waals surface area contributed by atoms with Crippen LogP contribution in [0.15, 0.2) is 12.3 Å². The van der Waals surface area contributed by atoms with E-state index in [4.69, 9.17) is 5.73 Å². The molecule has 2 aromatic rings. The molecule has 0 radical (unpaired) electrons. The standard InChI is InChI=1S/C14H18N4/c1-5-11-10(4)13(15)18-14(17-11)12-9(3)6-8(2)7-16-12/h6-7H,5H2,1-4H3,(H2,15,17,18). The quantitative estimate of drug-likeness (QED) is 0.879. The Bertz CT molecular complexity index is 591. The van der Waals surface area contributed by atoms with Crippen molar-refractivity contribution in [2.75, 3.05) is 5.73 Å². The summed E-state index contributed by atoms with van der Waals surface area (Å²) < 4.78 is 0. The van der Waals surface area contributed by atoms with Gasteiger partial charge in [-0.05, 0) is 38.3 Å². The van der Waals surface area contributed by atoms with Crippen molar-refractivity contribution in [3.63, 3.8) is 0 Å². The molecule has 0 aliphatic carbocycles. The summed E-state index contributed by atoms with van der Waals surface area (Å²) in [6.45, 7) is 8.05. The molecule has 4 nitrogen and oxygen atoms in total. The zero-order valence-electron chi connectivity index (χ0n) is 11.3. The number of nitrogens with zero attached hydrogens (tertiary/aromatic N) is 3. The van der Waals surface area contributed by atoms with E-state index in [1.165, 1.54) is 0 Å². The third-order valence-electron chi connectivity index (χ3n) is 3.05. The number of anilines is 1. The highest BCUT2D eigenvalue weighted by Crippen LogP contribution is 2.22. The second kappa shape index (κ2) is 4.72. The van der Waals surface area contributed by atoms with Crippen LogP contribution in [0.1, 0.15) is 29.3 Å². The fourth-order valence-corrected chi connectivity index (χ4v) is 1.98. The smallest absolute Gasteiger partial charge is 0.180 e. The fraction of sp³-hybridized carbons (Fsp3) is 0.357. The second-order valence-corrected chi connectivity index (χ2v) is 4.54. The van der Waals surface area contributed by atoms with E-state index in [1.54, 1.807) is 0 Å². The zero-order valence-corrected chi connectivity index (χ0v) is 11.3. The topological polar surface area (TPSA) is 64.7 Å². The first-order valence-electron chi connectivity index (χ1n) is 6.09. The van der Waals surface area contributed by atoms with E-state index in [0.717, 1.165) is 34.5 Å². The molecule has 0 aromatic carbocycles. The molecule has 0 spiro atoms. The first kappa shape index (κ1) is 12.5. The number of nitrogens with two attached hydrogens (primary N) is 1. The third-order valence-corrected chi connectivity index (χ3v) is 3.05. The van der Waals surface area contributed by atoms with Crippen molar-refractivity contribution < 1.29 is 0 Å². The number of hydrogen-bond acceptors (Lipinski definition) is 4. The van der Waals surface area contributed by atoms with Crippen LogP contribution in [-0.2, 0) is 6.42 Å². The monoisotopic (exact) mass is 242 g/mol. The molecule has 0 saturated carbocycles. The Labute approximate surface area is 107 Å². The number of aryl methyl sites for hydroxylation is 3. The van der Waals surface area contributed by atoms with Gasteiger partial charge in [0.1, 0.15) is 11.5 Å². The van der Waals surface area contributed by atoms with Gasteiger partial charge >= 0.3 is 0 Å². The van der Waals surface area contributed by atoms with E-state index >= 15 is 0 Å². The number of aromatic nitrogens is 3. The maximum Gasteiger partial charge on any atom is 0.180 e. The molecule has 2 aromatic heterocycles. The lowest BCUT2D eigenvalue weighted by Crippen LogP contribution is -2.05. The molecule has 0 saturated heterocycles. The molecule has 2 rings (SSSR count). The van der Waals surface area contributed by atoms with Gasteiger partial charge in [-0.25, -0.2) is 9.97 Å². The van der Waals surface area contributed by atoms with Crippen LogP contribution >= 0.6 is 0 Å². The maximum absolute atomic E-state index is 5.94. The molecular weight excluding hydrogens is 224 g/mol. The van der Waals surface area contributed by atoms with Crippen molar-refractivity contribution in [2.45, 2.75) is 34.1 Å². The zero-order chi connectivity index (χ0) is 13.3. The molecular formula is C14H18N4. The summed E-state index contributed by atoms with van der Waals surface area (Å²) in [5, 5.41) is 0. The molecule has 2 heterocycles. The van der Waals surface area contributed by atoms with Crippen LogP contribution in [-0.4, -0.2) is 15.0 Å². The van der Waals surface area contributed by atoms with Gasteiger partial charge < -0.3 is 5.73 Å². The van der Waals surface area contributed by atoms with E-state index in [9.17, 15) is 0 Å². The van der Waals surface area contributed by atoms with Crippen molar-refractivity contribution in [3.05, 3.63) is 34.6 Å². The summed E-state index contributed by atoms with van der Waals surface area (Å²) in [6.07, 6.45) is 2.67. The van der Waals surface area contributed by atoms with E-state index < -0.39 is 0 Å². The largest absolute Gasteiger partial charge is 0.383 e. The van der Waals surface area contributed by atoms with Gasteiger partial charge in [0.25, 0.3) is 0 Å². The Balaban J connectivity index is 2.60. The Morgan fingerprint density at radius 2 is 1.89 bits per heavy atom. The highest BCUT2D eigenvalue weighted by molar-refractivity contribution is 5.58. The SMILES string of the molecule is CCc1nc(-c2ncc(C)cc2C)nc(N)c1C. The molecule has 0 aliphatic rings. The Kier molecular flexibility index (Phi) is 3.28. The highest BCUT2D eigenvalue weighted by atomic mass is 15.0. The van der Waals surface area contributed by atoms with Crippen LogP contribution in [0.25, 0.3) is 11.5 Å². The van der Waals surface area contributed by atoms with E-state index in [0.29, 0.717) is 11.6 Å². The van der Waals surface area contributed by atoms with Crippen LogP contribution in [0.2, 0.25) is 0 Å². The number of pyridine rings is 1. The van der Waals surface area contributed by atoms with Gasteiger partial charge in [0, 0.05) is 17.5 Å². The molecule has 0 aliphatic heterocycles. The lowest BCUT2D eigenvalue weighted by molar-refractivity contribution is 0.973. The number of rotatable bonds is 2. The number of nitrogen functional groups attached to an aromatic ring is 1. The molecule has 0 atom stereocenters. The van der Waals surface area contributed by atoms with Crippen molar-refractivity contribution >= 4 is 5.82 Å². The summed E-state index contributed by atoms with van der Waals surface area (Å²) in [7, 11) is 0. The molecule has 0 bridgehead atoms. The van der Waals surface area contributed by atoms with Crippen LogP contribution in [0.3, 0.4) is 0 Å². The van der Waals surface area contributed by atoms with Gasteiger partial charge in [-0.15, -0.1) is 0 Å². The van der Waals surface area contributed by atoms with E-state index in [2.05, 4.69) is 27.9 Å². The minimum absolute atomic E-state index is 0.540. The van der Waals surface area contributed by atoms with Gasteiger partial charge in [-0.2, -0.15) is 0 Å². The van der Waals surface area contributed by atoms with Crippen molar-refractivity contribution in [2.24, 2.45) is 0 Å². The molecule has 0 fully saturated rings. The van der Waals surface area contributed by atoms with E-state index in [1.807, 2.05) is 27.0 Å². The van der Waals surface area contributed by atoms with Crippen molar-refractivity contribution in [1.82, 2.24) is 15.0 Å². The van der Waals surface area contributed by atoms with Crippen molar-refractivity contribution in [1.29, 1.82) is 0 Å². The molecule has 18 heavy (non-hydrogen) atoms. The average molecular weight is 242 g/mol. The normalized spacial score (nSPS) is 10.7. The average Bonchev–Trinajstić information content (AvgIpc) is 2.32. The minimum Gasteiger partial charge on any atom is -0.383 e. The highest BCUT2D eigenvalue weighted by Gasteiger charge is 2.12. The van der Waals surface area contributed by atoms with Gasteiger partial charge in [-0.3, -0.25) is 4.98 Å². The molecule has 0 unspecified atom stereocenters. The van der Waals surface area contributed by atoms with Crippen LogP contribution in [0.5, 0.6) is 0 Å². The van der Waals surface area contributed by atoms with E-state index in [-0.39, 0.29) is 0 Å². The van der Waals surface area contributed by atoms with Crippen LogP contribution < -0.4 is 5.73 Å². The molecule has 0 amide bonds. The molecule has 4 heteroatoms. The Hall–Kier alpha value is -1.97. The summed E-state index contributed by atoms with van der Waals surface area (Å²) in [5.41, 5.74) is 10.9. The Morgan fingerprint density at radius 3 is 2.50 bits per heavy atom. The predicted octanol–water partition coefficient (Wildman–Crippen LogP) is 2.61. The van der Waals surface area contributed by atoms with Gasteiger partial charge in [0.15, 0.2) is 5.82 Å². The van der Waals surface area contributed by atoms with Gasteiger partial charge in [0.2, 0.25) is 0 Å². The molecule has 2 N–H and O–H groups in total. The summed E-state index contributed by atoms with van der Waals surface area (Å²) in [6, 6.07) is 2.08. The number of hydrogen-bond donors (Lipinski definition) is 1. The van der Waals surface area contributed by atoms with Crippen LogP contribution in [0.4, 0.5) is 5.82 Å². The summed E-state index contributed by atoms with van der Waals surface area (Å²) >= 11 is 0. The minimum atomic E-state index is 0.540. The fourth-order valence-electron chi connectivity index (χ4n) is 1.98. The summed E-state index contributed by atoms with van der Waals surface area (Å²) in [5.74, 6) is 1.16. The lowest BCUT2D eigenvalue weighted by Gasteiger charge is -2.10. The van der Waals surface area contributed by atoms with Gasteiger partial charge in [-0.1, -0.05) is 13.0 Å². The third kappa shape index (κ3) is 2.18. The second-order valence-electron chi connectivity index (χ2n) is 4.54. The first-order valence-corrected chi connectivity index (χ1v) is 6.09. The summed E-state index contributed by atoms with van der Waals surface area (Å²) in [4.78, 5) is 13.3. The van der Waals surface area contributed by atoms with Crippen LogP contribution in [0, 0.1) is 20.8 Å². The first-order chi connectivity index (χ1) is 8.52.